The molecule has 6 heteroatoms. The van der Waals surface area contributed by atoms with E-state index >= 15 is 0 Å². The molecular formula is C19H27N3O3. The van der Waals surface area contributed by atoms with Gasteiger partial charge < -0.3 is 15.5 Å². The smallest absolute Gasteiger partial charge is 0.245 e. The molecule has 0 saturated carbocycles. The van der Waals surface area contributed by atoms with Gasteiger partial charge in [-0.15, -0.1) is 0 Å². The van der Waals surface area contributed by atoms with Gasteiger partial charge in [-0.3, -0.25) is 14.4 Å². The van der Waals surface area contributed by atoms with Gasteiger partial charge in [0.1, 0.15) is 12.1 Å². The van der Waals surface area contributed by atoms with Gasteiger partial charge in [0.05, 0.1) is 0 Å². The zero-order valence-electron chi connectivity index (χ0n) is 15.0. The van der Waals surface area contributed by atoms with Crippen LogP contribution in [0.5, 0.6) is 0 Å². The summed E-state index contributed by atoms with van der Waals surface area (Å²) in [6.07, 6.45) is 3.33. The van der Waals surface area contributed by atoms with Crippen molar-refractivity contribution in [1.29, 1.82) is 0 Å². The summed E-state index contributed by atoms with van der Waals surface area (Å²) in [5.74, 6) is -0.748. The van der Waals surface area contributed by atoms with Gasteiger partial charge in [0, 0.05) is 20.0 Å². The van der Waals surface area contributed by atoms with E-state index in [-0.39, 0.29) is 11.8 Å². The van der Waals surface area contributed by atoms with Gasteiger partial charge in [0.2, 0.25) is 17.7 Å². The molecule has 6 nitrogen and oxygen atoms in total. The summed E-state index contributed by atoms with van der Waals surface area (Å²) < 4.78 is 0. The van der Waals surface area contributed by atoms with E-state index < -0.39 is 18.0 Å². The fourth-order valence-electron chi connectivity index (χ4n) is 3.21. The molecule has 136 valence electrons. The maximum absolute atomic E-state index is 12.6. The van der Waals surface area contributed by atoms with Crippen LogP contribution in [0.15, 0.2) is 30.3 Å². The maximum Gasteiger partial charge on any atom is 0.245 e. The van der Waals surface area contributed by atoms with Crippen molar-refractivity contribution in [2.75, 3.05) is 13.6 Å². The van der Waals surface area contributed by atoms with Gasteiger partial charge in [-0.2, -0.15) is 0 Å². The Bertz CT molecular complexity index is 618. The van der Waals surface area contributed by atoms with Crippen LogP contribution in [0.1, 0.15) is 38.2 Å². The lowest BCUT2D eigenvalue weighted by atomic mass is 10.1. The second kappa shape index (κ2) is 8.65. The summed E-state index contributed by atoms with van der Waals surface area (Å²) >= 11 is 0. The van der Waals surface area contributed by atoms with Gasteiger partial charge in [-0.25, -0.2) is 0 Å². The Morgan fingerprint density at radius 2 is 1.96 bits per heavy atom. The minimum absolute atomic E-state index is 0.0633. The fraction of sp³-hybridized carbons (Fsp3) is 0.526. The molecule has 1 saturated heterocycles. The van der Waals surface area contributed by atoms with Gasteiger partial charge in [0.15, 0.2) is 0 Å². The van der Waals surface area contributed by atoms with Crippen molar-refractivity contribution < 1.29 is 14.4 Å². The van der Waals surface area contributed by atoms with Crippen LogP contribution in [0.25, 0.3) is 0 Å². The van der Waals surface area contributed by atoms with E-state index in [2.05, 4.69) is 0 Å². The molecule has 0 unspecified atom stereocenters. The Balaban J connectivity index is 1.85. The highest BCUT2D eigenvalue weighted by Gasteiger charge is 2.36. The number of likely N-dealkylation sites (N-methyl/N-ethyl adjacent to an activating group) is 1. The van der Waals surface area contributed by atoms with Crippen molar-refractivity contribution in [1.82, 2.24) is 9.80 Å². The molecule has 0 bridgehead atoms. The number of benzene rings is 1. The van der Waals surface area contributed by atoms with Crippen molar-refractivity contribution in [3.63, 3.8) is 0 Å². The number of hydrogen-bond acceptors (Lipinski definition) is 3. The minimum atomic E-state index is -0.593. The lowest BCUT2D eigenvalue weighted by Gasteiger charge is -2.30. The number of aryl methyl sites for hydroxylation is 1. The number of primary amides is 1. The monoisotopic (exact) mass is 345 g/mol. The molecule has 1 fully saturated rings. The summed E-state index contributed by atoms with van der Waals surface area (Å²) in [5.41, 5.74) is 6.57. The van der Waals surface area contributed by atoms with Crippen molar-refractivity contribution in [2.45, 2.75) is 51.1 Å². The Morgan fingerprint density at radius 3 is 2.60 bits per heavy atom. The normalized spacial score (nSPS) is 18.0. The lowest BCUT2D eigenvalue weighted by Crippen LogP contribution is -2.52. The molecule has 1 aromatic rings. The number of carbonyl (C=O) groups is 3. The number of hydrogen-bond donors (Lipinski definition) is 1. The maximum atomic E-state index is 12.6. The molecule has 0 aliphatic carbocycles. The van der Waals surface area contributed by atoms with Gasteiger partial charge >= 0.3 is 0 Å². The van der Waals surface area contributed by atoms with Crippen LogP contribution in [0.2, 0.25) is 0 Å². The summed E-state index contributed by atoms with van der Waals surface area (Å²) in [6, 6.07) is 8.87. The first kappa shape index (κ1) is 19.0. The number of likely N-dealkylation sites (tertiary alicyclic amines) is 1. The van der Waals surface area contributed by atoms with Crippen LogP contribution in [-0.2, 0) is 20.8 Å². The van der Waals surface area contributed by atoms with Crippen LogP contribution >= 0.6 is 0 Å². The quantitative estimate of drug-likeness (QED) is 0.809. The fourth-order valence-corrected chi connectivity index (χ4v) is 3.21. The third kappa shape index (κ3) is 4.81. The van der Waals surface area contributed by atoms with E-state index in [1.54, 1.807) is 14.0 Å². The molecule has 1 heterocycles. The number of rotatable bonds is 7. The van der Waals surface area contributed by atoms with E-state index in [1.807, 2.05) is 30.3 Å². The molecular weight excluding hydrogens is 318 g/mol. The standard InChI is InChI=1S/C19H27N3O3/c1-14(19(25)22-13-7-11-16(22)18(20)24)21(2)17(23)12-6-10-15-8-4-3-5-9-15/h3-5,8-9,14,16H,6-7,10-13H2,1-2H3,(H2,20,24)/t14-,16-/m0/s1. The lowest BCUT2D eigenvalue weighted by molar-refractivity contribution is -0.146. The molecule has 25 heavy (non-hydrogen) atoms. The Morgan fingerprint density at radius 1 is 1.28 bits per heavy atom. The van der Waals surface area contributed by atoms with Gasteiger partial charge in [-0.05, 0) is 38.2 Å². The summed E-state index contributed by atoms with van der Waals surface area (Å²) in [4.78, 5) is 39.5. The zero-order valence-corrected chi connectivity index (χ0v) is 15.0. The average Bonchev–Trinajstić information content (AvgIpc) is 3.10. The van der Waals surface area contributed by atoms with Crippen molar-refractivity contribution in [2.24, 2.45) is 5.73 Å². The first-order valence-electron chi connectivity index (χ1n) is 8.81. The van der Waals surface area contributed by atoms with E-state index in [9.17, 15) is 14.4 Å². The molecule has 2 N–H and O–H groups in total. The van der Waals surface area contributed by atoms with Crippen molar-refractivity contribution >= 4 is 17.7 Å². The van der Waals surface area contributed by atoms with Crippen LogP contribution in [0.4, 0.5) is 0 Å². The molecule has 2 rings (SSSR count). The molecule has 0 aromatic heterocycles. The van der Waals surface area contributed by atoms with Crippen LogP contribution in [0, 0.1) is 0 Å². The van der Waals surface area contributed by atoms with E-state index in [0.717, 1.165) is 19.3 Å². The molecule has 0 spiro atoms. The summed E-state index contributed by atoms with van der Waals surface area (Å²) in [5, 5.41) is 0. The number of nitrogens with two attached hydrogens (primary N) is 1. The SMILES string of the molecule is C[C@@H](C(=O)N1CCC[C@H]1C(N)=O)N(C)C(=O)CCCc1ccccc1. The third-order valence-corrected chi connectivity index (χ3v) is 4.89. The highest BCUT2D eigenvalue weighted by molar-refractivity contribution is 5.91. The van der Waals surface area contributed by atoms with Crippen LogP contribution in [-0.4, -0.2) is 53.2 Å². The molecule has 3 amide bonds. The highest BCUT2D eigenvalue weighted by Crippen LogP contribution is 2.19. The molecule has 0 radical (unpaired) electrons. The van der Waals surface area contributed by atoms with Crippen molar-refractivity contribution in [3.05, 3.63) is 35.9 Å². The minimum Gasteiger partial charge on any atom is -0.368 e. The Labute approximate surface area is 149 Å². The second-order valence-electron chi connectivity index (χ2n) is 6.61. The largest absolute Gasteiger partial charge is 0.368 e. The van der Waals surface area contributed by atoms with E-state index in [4.69, 9.17) is 5.73 Å². The predicted molar refractivity (Wildman–Crippen MR) is 95.5 cm³/mol. The average molecular weight is 345 g/mol. The molecule has 2 atom stereocenters. The third-order valence-electron chi connectivity index (χ3n) is 4.89. The van der Waals surface area contributed by atoms with Gasteiger partial charge in [-0.1, -0.05) is 30.3 Å². The topological polar surface area (TPSA) is 83.7 Å². The van der Waals surface area contributed by atoms with Crippen molar-refractivity contribution in [3.8, 4) is 0 Å². The number of nitrogens with zero attached hydrogens (tertiary/aromatic N) is 2. The Hall–Kier alpha value is -2.37. The molecule has 1 aromatic carbocycles. The molecule has 1 aliphatic heterocycles. The zero-order chi connectivity index (χ0) is 18.4. The number of amides is 3. The van der Waals surface area contributed by atoms with E-state index in [0.29, 0.717) is 19.4 Å². The van der Waals surface area contributed by atoms with Gasteiger partial charge in [0.25, 0.3) is 0 Å². The second-order valence-corrected chi connectivity index (χ2v) is 6.61. The summed E-state index contributed by atoms with van der Waals surface area (Å²) in [7, 11) is 1.64. The number of carbonyl (C=O) groups excluding carboxylic acids is 3. The Kier molecular flexibility index (Phi) is 6.56. The first-order valence-corrected chi connectivity index (χ1v) is 8.81. The van der Waals surface area contributed by atoms with Crippen LogP contribution < -0.4 is 5.73 Å². The van der Waals surface area contributed by atoms with E-state index in [1.165, 1.54) is 15.4 Å². The highest BCUT2D eigenvalue weighted by atomic mass is 16.2. The van der Waals surface area contributed by atoms with Crippen LogP contribution in [0.3, 0.4) is 0 Å². The molecule has 1 aliphatic rings. The summed E-state index contributed by atoms with van der Waals surface area (Å²) in [6.45, 7) is 2.22. The first-order chi connectivity index (χ1) is 11.9. The predicted octanol–water partition coefficient (Wildman–Crippen LogP) is 1.33.